The summed E-state index contributed by atoms with van der Waals surface area (Å²) >= 11 is 3.29. The summed E-state index contributed by atoms with van der Waals surface area (Å²) in [4.78, 5) is 10.8. The van der Waals surface area contributed by atoms with Crippen molar-refractivity contribution in [2.75, 3.05) is 105 Å². The number of esters is 1. The van der Waals surface area contributed by atoms with Crippen LogP contribution >= 0.6 is 15.9 Å². The summed E-state index contributed by atoms with van der Waals surface area (Å²) in [6.07, 6.45) is 0.256. The van der Waals surface area contributed by atoms with E-state index in [-0.39, 0.29) is 12.4 Å². The van der Waals surface area contributed by atoms with E-state index in [9.17, 15) is 4.79 Å². The molecule has 0 N–H and O–H groups in total. The molecule has 0 aromatic rings. The third-order valence-electron chi connectivity index (χ3n) is 3.13. The molecule has 0 radical (unpaired) electrons. The fraction of sp³-hybridized carbons (Fsp3) is 0.944. The van der Waals surface area contributed by atoms with Gasteiger partial charge in [-0.3, -0.25) is 4.79 Å². The first-order chi connectivity index (χ1) is 13.8. The summed E-state index contributed by atoms with van der Waals surface area (Å²) < 4.78 is 41.8. The van der Waals surface area contributed by atoms with Gasteiger partial charge in [-0.1, -0.05) is 15.9 Å². The average molecular weight is 475 g/mol. The second-order valence-corrected chi connectivity index (χ2v) is 6.09. The lowest BCUT2D eigenvalue weighted by Gasteiger charge is -2.08. The Balaban J connectivity index is 3.00. The minimum atomic E-state index is -0.278. The monoisotopic (exact) mass is 474 g/mol. The van der Waals surface area contributed by atoms with E-state index in [0.29, 0.717) is 92.5 Å². The zero-order chi connectivity index (χ0) is 20.5. The molecule has 0 rings (SSSR count). The quantitative estimate of drug-likeness (QED) is 0.122. The first-order valence-corrected chi connectivity index (χ1v) is 10.6. The van der Waals surface area contributed by atoms with Crippen LogP contribution in [0.15, 0.2) is 0 Å². The number of alkyl halides is 1. The fourth-order valence-electron chi connectivity index (χ4n) is 1.73. The molecule has 0 bridgehead atoms. The van der Waals surface area contributed by atoms with Gasteiger partial charge in [0.15, 0.2) is 0 Å². The van der Waals surface area contributed by atoms with Crippen molar-refractivity contribution in [3.63, 3.8) is 0 Å². The number of carbonyl (C=O) groups excluding carboxylic acids is 1. The van der Waals surface area contributed by atoms with Gasteiger partial charge in [0, 0.05) is 5.33 Å². The summed E-state index contributed by atoms with van der Waals surface area (Å²) in [5, 5.41) is 0.839. The van der Waals surface area contributed by atoms with E-state index >= 15 is 0 Å². The van der Waals surface area contributed by atoms with Gasteiger partial charge in [0.1, 0.15) is 0 Å². The van der Waals surface area contributed by atoms with Crippen LogP contribution in [0.4, 0.5) is 0 Å². The number of halogens is 1. The molecule has 28 heavy (non-hydrogen) atoms. The van der Waals surface area contributed by atoms with E-state index in [1.807, 2.05) is 0 Å². The first-order valence-electron chi connectivity index (χ1n) is 9.48. The molecule has 0 aliphatic rings. The van der Waals surface area contributed by atoms with Crippen molar-refractivity contribution in [2.45, 2.75) is 6.42 Å². The van der Waals surface area contributed by atoms with Crippen molar-refractivity contribution < 1.29 is 42.7 Å². The summed E-state index contributed by atoms with van der Waals surface area (Å²) in [6, 6.07) is 0. The topological polar surface area (TPSA) is 90.9 Å². The predicted molar refractivity (Wildman–Crippen MR) is 106 cm³/mol. The minimum Gasteiger partial charge on any atom is -0.469 e. The highest BCUT2D eigenvalue weighted by Crippen LogP contribution is 1.88. The molecule has 9 nitrogen and oxygen atoms in total. The standard InChI is InChI=1S/C18H35BrO9/c1-21-18(20)2-4-22-6-8-24-10-12-26-14-16-28-17-15-27-13-11-25-9-7-23-5-3-19/h2-17H2,1H3. The second-order valence-electron chi connectivity index (χ2n) is 5.30. The molecule has 0 saturated heterocycles. The molecule has 0 aliphatic heterocycles. The van der Waals surface area contributed by atoms with E-state index in [1.54, 1.807) is 0 Å². The molecule has 0 spiro atoms. The van der Waals surface area contributed by atoms with Gasteiger partial charge in [0.25, 0.3) is 0 Å². The number of hydrogen-bond donors (Lipinski definition) is 0. The van der Waals surface area contributed by atoms with Crippen molar-refractivity contribution >= 4 is 21.9 Å². The molecule has 0 aliphatic carbocycles. The number of hydrogen-bond acceptors (Lipinski definition) is 9. The molecular weight excluding hydrogens is 440 g/mol. The Morgan fingerprint density at radius 1 is 0.536 bits per heavy atom. The lowest BCUT2D eigenvalue weighted by atomic mass is 10.5. The highest BCUT2D eigenvalue weighted by Gasteiger charge is 1.99. The average Bonchev–Trinajstić information content (AvgIpc) is 2.71. The van der Waals surface area contributed by atoms with Crippen LogP contribution in [0, 0.1) is 0 Å². The van der Waals surface area contributed by atoms with E-state index in [4.69, 9.17) is 33.2 Å². The van der Waals surface area contributed by atoms with Crippen molar-refractivity contribution in [1.29, 1.82) is 0 Å². The van der Waals surface area contributed by atoms with Crippen molar-refractivity contribution in [1.82, 2.24) is 0 Å². The predicted octanol–water partition coefficient (Wildman–Crippen LogP) is 1.06. The van der Waals surface area contributed by atoms with Crippen LogP contribution in [-0.4, -0.2) is 111 Å². The highest BCUT2D eigenvalue weighted by molar-refractivity contribution is 9.09. The summed E-state index contributed by atoms with van der Waals surface area (Å²) in [7, 11) is 1.35. The first kappa shape index (κ1) is 27.7. The maximum Gasteiger partial charge on any atom is 0.307 e. The molecule has 168 valence electrons. The molecule has 0 saturated carbocycles. The molecule has 0 fully saturated rings. The van der Waals surface area contributed by atoms with Crippen molar-refractivity contribution in [3.8, 4) is 0 Å². The third-order valence-corrected chi connectivity index (χ3v) is 3.46. The van der Waals surface area contributed by atoms with Crippen LogP contribution in [0.25, 0.3) is 0 Å². The van der Waals surface area contributed by atoms with Crippen LogP contribution in [0.2, 0.25) is 0 Å². The van der Waals surface area contributed by atoms with Crippen LogP contribution in [0.3, 0.4) is 0 Å². The van der Waals surface area contributed by atoms with Gasteiger partial charge in [0.05, 0.1) is 106 Å². The van der Waals surface area contributed by atoms with E-state index in [0.717, 1.165) is 5.33 Å². The fourth-order valence-corrected chi connectivity index (χ4v) is 1.96. The van der Waals surface area contributed by atoms with Crippen LogP contribution in [0.1, 0.15) is 6.42 Å². The zero-order valence-electron chi connectivity index (χ0n) is 16.9. The Kier molecular flexibility index (Phi) is 24.4. The van der Waals surface area contributed by atoms with Crippen molar-refractivity contribution in [2.24, 2.45) is 0 Å². The summed E-state index contributed by atoms with van der Waals surface area (Å²) in [5.41, 5.74) is 0. The maximum atomic E-state index is 10.8. The van der Waals surface area contributed by atoms with Gasteiger partial charge < -0.3 is 37.9 Å². The Labute approximate surface area is 176 Å². The van der Waals surface area contributed by atoms with Crippen LogP contribution in [-0.2, 0) is 42.7 Å². The number of ether oxygens (including phenoxy) is 8. The van der Waals surface area contributed by atoms with Crippen LogP contribution in [0.5, 0.6) is 0 Å². The molecule has 0 amide bonds. The highest BCUT2D eigenvalue weighted by atomic mass is 79.9. The third kappa shape index (κ3) is 23.7. The molecule has 0 aromatic carbocycles. The minimum absolute atomic E-state index is 0.256. The summed E-state index contributed by atoms with van der Waals surface area (Å²) in [5.74, 6) is -0.278. The van der Waals surface area contributed by atoms with Gasteiger partial charge in [-0.25, -0.2) is 0 Å². The Morgan fingerprint density at radius 2 is 0.821 bits per heavy atom. The normalized spacial score (nSPS) is 11.1. The maximum absolute atomic E-state index is 10.8. The number of carbonyl (C=O) groups is 1. The van der Waals surface area contributed by atoms with E-state index in [1.165, 1.54) is 7.11 Å². The molecule has 0 atom stereocenters. The largest absolute Gasteiger partial charge is 0.469 e. The molecule has 0 unspecified atom stereocenters. The lowest BCUT2D eigenvalue weighted by Crippen LogP contribution is -2.15. The number of rotatable bonds is 23. The number of methoxy groups -OCH3 is 1. The van der Waals surface area contributed by atoms with Gasteiger partial charge in [-0.15, -0.1) is 0 Å². The second kappa shape index (κ2) is 24.7. The van der Waals surface area contributed by atoms with Crippen LogP contribution < -0.4 is 0 Å². The van der Waals surface area contributed by atoms with Gasteiger partial charge in [-0.2, -0.15) is 0 Å². The Bertz CT molecular complexity index is 321. The Morgan fingerprint density at radius 3 is 1.11 bits per heavy atom. The smallest absolute Gasteiger partial charge is 0.307 e. The zero-order valence-corrected chi connectivity index (χ0v) is 18.5. The van der Waals surface area contributed by atoms with E-state index < -0.39 is 0 Å². The van der Waals surface area contributed by atoms with E-state index in [2.05, 4.69) is 20.7 Å². The SMILES string of the molecule is COC(=O)CCOCCOCCOCCOCCOCCOCCOCCBr. The lowest BCUT2D eigenvalue weighted by molar-refractivity contribution is -0.141. The Hall–Kier alpha value is -0.330. The van der Waals surface area contributed by atoms with Gasteiger partial charge in [0.2, 0.25) is 0 Å². The molecule has 10 heteroatoms. The molecule has 0 aromatic heterocycles. The molecular formula is C18H35BrO9. The van der Waals surface area contributed by atoms with Gasteiger partial charge >= 0.3 is 5.97 Å². The molecule has 0 heterocycles. The van der Waals surface area contributed by atoms with Gasteiger partial charge in [-0.05, 0) is 0 Å². The van der Waals surface area contributed by atoms with Crippen molar-refractivity contribution in [3.05, 3.63) is 0 Å². The summed E-state index contributed by atoms with van der Waals surface area (Å²) in [6.45, 7) is 7.29.